The first-order valence-corrected chi connectivity index (χ1v) is 5.28. The fourth-order valence-electron chi connectivity index (χ4n) is 0.836. The highest BCUT2D eigenvalue weighted by Crippen LogP contribution is 1.98. The van der Waals surface area contributed by atoms with E-state index < -0.39 is 0 Å². The van der Waals surface area contributed by atoms with E-state index in [9.17, 15) is 0 Å². The van der Waals surface area contributed by atoms with Crippen LogP contribution in [0.25, 0.3) is 0 Å². The maximum absolute atomic E-state index is 2.26. The van der Waals surface area contributed by atoms with E-state index in [0.29, 0.717) is 0 Å². The van der Waals surface area contributed by atoms with Crippen molar-refractivity contribution < 1.29 is 4.48 Å². The summed E-state index contributed by atoms with van der Waals surface area (Å²) in [5.74, 6) is 0. The lowest BCUT2D eigenvalue weighted by Gasteiger charge is -2.23. The first-order valence-electron chi connectivity index (χ1n) is 3.86. The highest BCUT2D eigenvalue weighted by molar-refractivity contribution is 6.08. The van der Waals surface area contributed by atoms with Crippen LogP contribution in [-0.2, 0) is 0 Å². The summed E-state index contributed by atoms with van der Waals surface area (Å²) in [6.07, 6.45) is 2.86. The zero-order valence-corrected chi connectivity index (χ0v) is 9.28. The molecule has 9 heavy (non-hydrogen) atoms. The van der Waals surface area contributed by atoms with Crippen molar-refractivity contribution in [3.8, 4) is 0 Å². The van der Waals surface area contributed by atoms with E-state index in [1.807, 2.05) is 0 Å². The Bertz CT molecular complexity index is 65.8. The van der Waals surface area contributed by atoms with Crippen molar-refractivity contribution in [2.45, 2.75) is 18.9 Å². The Labute approximate surface area is 62.1 Å². The Morgan fingerprint density at radius 1 is 1.11 bits per heavy atom. The Kier molecular flexibility index (Phi) is 4.15. The Morgan fingerprint density at radius 3 is 2.00 bits per heavy atom. The molecule has 0 radical (unpaired) electrons. The largest absolute Gasteiger partial charge is 0.331 e. The molecule has 0 rings (SSSR count). The van der Waals surface area contributed by atoms with Gasteiger partial charge in [0.2, 0.25) is 0 Å². The van der Waals surface area contributed by atoms with Gasteiger partial charge in [-0.25, -0.2) is 0 Å². The van der Waals surface area contributed by atoms with E-state index in [-0.39, 0.29) is 0 Å². The summed E-state index contributed by atoms with van der Waals surface area (Å²) in [5, 5.41) is 0. The summed E-state index contributed by atoms with van der Waals surface area (Å²) in [6.45, 7) is 1.34. The number of unbranched alkanes of at least 4 members (excludes halogenated alkanes) is 1. The summed E-state index contributed by atoms with van der Waals surface area (Å²) in [4.78, 5) is 0. The number of hydrogen-bond donors (Lipinski definition) is 0. The van der Waals surface area contributed by atoms with Gasteiger partial charge in [0.05, 0.1) is 27.7 Å². The quantitative estimate of drug-likeness (QED) is 0.303. The summed E-state index contributed by atoms with van der Waals surface area (Å²) >= 11 is 0. The number of rotatable bonds is 4. The molecule has 1 nitrogen and oxygen atoms in total. The minimum absolute atomic E-state index is 1.13. The lowest BCUT2D eigenvalue weighted by atomic mass is 10.3. The molecule has 0 spiro atoms. The number of nitrogens with zero attached hydrogens (tertiary/aromatic N) is 1. The predicted octanol–water partition coefficient (Wildman–Crippen LogP) is 0.256. The van der Waals surface area contributed by atoms with Crippen LogP contribution in [0.4, 0.5) is 0 Å². The minimum Gasteiger partial charge on any atom is -0.331 e. The summed E-state index contributed by atoms with van der Waals surface area (Å²) in [5.41, 5.74) is 0. The molecule has 0 amide bonds. The van der Waals surface area contributed by atoms with Crippen LogP contribution < -0.4 is 0 Å². The fraction of sp³-hybridized carbons (Fsp3) is 1.00. The van der Waals surface area contributed by atoms with Gasteiger partial charge < -0.3 is 4.48 Å². The fourth-order valence-corrected chi connectivity index (χ4v) is 1.34. The third-order valence-electron chi connectivity index (χ3n) is 1.43. The van der Waals surface area contributed by atoms with Crippen LogP contribution in [0.2, 0.25) is 6.04 Å². The van der Waals surface area contributed by atoms with Crippen molar-refractivity contribution in [3.63, 3.8) is 0 Å². The molecule has 0 heterocycles. The average Bonchev–Trinajstić information content (AvgIpc) is 1.63. The average molecular weight is 146 g/mol. The van der Waals surface area contributed by atoms with E-state index in [0.717, 1.165) is 4.48 Å². The topological polar surface area (TPSA) is 0 Å². The van der Waals surface area contributed by atoms with Crippen molar-refractivity contribution in [1.29, 1.82) is 0 Å². The zero-order valence-electron chi connectivity index (χ0n) is 7.28. The highest BCUT2D eigenvalue weighted by atomic mass is 28.1. The van der Waals surface area contributed by atoms with Crippen LogP contribution >= 0.6 is 0 Å². The first-order chi connectivity index (χ1) is 4.06. The maximum atomic E-state index is 2.26. The summed E-state index contributed by atoms with van der Waals surface area (Å²) in [7, 11) is 8.15. The third kappa shape index (κ3) is 8.18. The molecular formula is C7H20NSi+. The van der Waals surface area contributed by atoms with Crippen molar-refractivity contribution in [3.05, 3.63) is 0 Å². The smallest absolute Gasteiger partial charge is 0.0780 e. The Balaban J connectivity index is 3.07. The molecule has 0 atom stereocenters. The van der Waals surface area contributed by atoms with Gasteiger partial charge in [-0.15, -0.1) is 0 Å². The van der Waals surface area contributed by atoms with Crippen LogP contribution in [0.1, 0.15) is 12.8 Å². The molecule has 0 saturated carbocycles. The monoisotopic (exact) mass is 146 g/mol. The molecule has 0 N–H and O–H groups in total. The second-order valence-electron chi connectivity index (χ2n) is 3.72. The molecule has 0 aromatic heterocycles. The Morgan fingerprint density at radius 2 is 1.67 bits per heavy atom. The molecule has 0 saturated heterocycles. The van der Waals surface area contributed by atoms with E-state index in [4.69, 9.17) is 0 Å². The predicted molar refractivity (Wildman–Crippen MR) is 46.9 cm³/mol. The lowest BCUT2D eigenvalue weighted by Crippen LogP contribution is -2.35. The van der Waals surface area contributed by atoms with E-state index in [1.165, 1.54) is 35.7 Å². The molecule has 0 aliphatic rings. The highest BCUT2D eigenvalue weighted by Gasteiger charge is 2.03. The zero-order chi connectivity index (χ0) is 7.33. The molecule has 0 unspecified atom stereocenters. The third-order valence-corrected chi connectivity index (χ3v) is 2.14. The molecule has 0 fully saturated rings. The normalized spacial score (nSPS) is 12.3. The Hall–Kier alpha value is 0.177. The van der Waals surface area contributed by atoms with Gasteiger partial charge in [-0.3, -0.25) is 0 Å². The standard InChI is InChI=1S/C7H20NSi/c1-8(2,3)6-4-5-7-9/h4-7H2,1-3,9H3/q+1. The second-order valence-corrected chi connectivity index (χ2v) is 4.72. The van der Waals surface area contributed by atoms with Gasteiger partial charge in [0.25, 0.3) is 0 Å². The molecule has 0 bridgehead atoms. The maximum Gasteiger partial charge on any atom is 0.0780 e. The van der Waals surface area contributed by atoms with E-state index in [2.05, 4.69) is 21.1 Å². The van der Waals surface area contributed by atoms with Gasteiger partial charge in [-0.2, -0.15) is 0 Å². The van der Waals surface area contributed by atoms with Gasteiger partial charge in [-0.1, -0.05) is 12.5 Å². The van der Waals surface area contributed by atoms with Gasteiger partial charge in [-0.05, 0) is 6.42 Å². The molecule has 0 aromatic carbocycles. The van der Waals surface area contributed by atoms with Crippen LogP contribution in [0.15, 0.2) is 0 Å². The van der Waals surface area contributed by atoms with Gasteiger partial charge in [0.15, 0.2) is 0 Å². The molecule has 2 heteroatoms. The van der Waals surface area contributed by atoms with Crippen molar-refractivity contribution >= 4 is 10.2 Å². The van der Waals surface area contributed by atoms with Crippen LogP contribution in [-0.4, -0.2) is 42.4 Å². The van der Waals surface area contributed by atoms with Crippen LogP contribution in [0.5, 0.6) is 0 Å². The van der Waals surface area contributed by atoms with E-state index >= 15 is 0 Å². The molecule has 0 aliphatic carbocycles. The van der Waals surface area contributed by atoms with Crippen molar-refractivity contribution in [1.82, 2.24) is 0 Å². The molecule has 0 aliphatic heterocycles. The minimum atomic E-state index is 1.13. The molecule has 56 valence electrons. The van der Waals surface area contributed by atoms with Crippen molar-refractivity contribution in [2.75, 3.05) is 27.7 Å². The summed E-state index contributed by atoms with van der Waals surface area (Å²) in [6, 6.07) is 1.47. The number of quaternary nitrogens is 1. The van der Waals surface area contributed by atoms with Gasteiger partial charge in [0.1, 0.15) is 0 Å². The van der Waals surface area contributed by atoms with Gasteiger partial charge >= 0.3 is 0 Å². The lowest BCUT2D eigenvalue weighted by molar-refractivity contribution is -0.870. The SMILES string of the molecule is C[N+](C)(C)CCCC[SiH3]. The second kappa shape index (κ2) is 4.07. The number of hydrogen-bond acceptors (Lipinski definition) is 0. The first kappa shape index (κ1) is 9.18. The van der Waals surface area contributed by atoms with Crippen LogP contribution in [0, 0.1) is 0 Å². The van der Waals surface area contributed by atoms with Gasteiger partial charge in [0, 0.05) is 10.2 Å². The van der Waals surface area contributed by atoms with E-state index in [1.54, 1.807) is 0 Å². The summed E-state index contributed by atoms with van der Waals surface area (Å²) < 4.78 is 1.13. The molecule has 0 aromatic rings. The molecular weight excluding hydrogens is 126 g/mol. The van der Waals surface area contributed by atoms with Crippen molar-refractivity contribution in [2.24, 2.45) is 0 Å². The van der Waals surface area contributed by atoms with Crippen LogP contribution in [0.3, 0.4) is 0 Å².